The first-order valence-electron chi connectivity index (χ1n) is 7.33. The molecule has 1 saturated carbocycles. The SMILES string of the molecule is CC(=O)OC1(C(F)(F)F)OC2(CC3C=CC2C3)C(C)(C)C1(F)F. The summed E-state index contributed by atoms with van der Waals surface area (Å²) in [5, 5.41) is 0. The van der Waals surface area contributed by atoms with Crippen molar-refractivity contribution < 1.29 is 36.2 Å². The molecule has 4 unspecified atom stereocenters. The van der Waals surface area contributed by atoms with E-state index in [0.717, 1.165) is 13.8 Å². The quantitative estimate of drug-likeness (QED) is 0.413. The number of ether oxygens (including phenoxy) is 2. The summed E-state index contributed by atoms with van der Waals surface area (Å²) in [5.41, 5.74) is -3.88. The van der Waals surface area contributed by atoms with Crippen LogP contribution < -0.4 is 0 Å². The largest absolute Gasteiger partial charge is 0.462 e. The molecule has 0 aromatic carbocycles. The van der Waals surface area contributed by atoms with Crippen LogP contribution in [0.1, 0.15) is 33.6 Å². The maximum atomic E-state index is 15.0. The Morgan fingerprint density at radius 2 is 1.87 bits per heavy atom. The molecule has 1 spiro atoms. The standard InChI is InChI=1S/C15H17F5O3/c1-8(21)22-14(15(18,19)20)13(16,17)11(2,3)12(23-14)7-9-4-5-10(12)6-9/h4-5,9-10H,6-7H2,1-3H3. The number of allylic oxidation sites excluding steroid dienone is 1. The number of rotatable bonds is 1. The second-order valence-corrected chi connectivity index (χ2v) is 7.09. The molecule has 3 aliphatic rings. The average molecular weight is 340 g/mol. The number of halogens is 5. The first-order chi connectivity index (χ1) is 10.3. The highest BCUT2D eigenvalue weighted by atomic mass is 19.4. The van der Waals surface area contributed by atoms with Crippen LogP contribution in [-0.2, 0) is 14.3 Å². The zero-order valence-electron chi connectivity index (χ0n) is 12.8. The van der Waals surface area contributed by atoms with Crippen LogP contribution in [0.2, 0.25) is 0 Å². The van der Waals surface area contributed by atoms with Crippen LogP contribution in [0.25, 0.3) is 0 Å². The van der Waals surface area contributed by atoms with Crippen molar-refractivity contribution in [1.29, 1.82) is 0 Å². The van der Waals surface area contributed by atoms with Crippen LogP contribution >= 0.6 is 0 Å². The van der Waals surface area contributed by atoms with Gasteiger partial charge in [0, 0.05) is 12.8 Å². The van der Waals surface area contributed by atoms with Gasteiger partial charge < -0.3 is 9.47 Å². The summed E-state index contributed by atoms with van der Waals surface area (Å²) in [4.78, 5) is 11.2. The minimum Gasteiger partial charge on any atom is -0.418 e. The van der Waals surface area contributed by atoms with Crippen molar-refractivity contribution in [1.82, 2.24) is 0 Å². The van der Waals surface area contributed by atoms with Gasteiger partial charge in [-0.3, -0.25) is 4.79 Å². The predicted molar refractivity (Wildman–Crippen MR) is 68.5 cm³/mol. The molecule has 0 radical (unpaired) electrons. The molecule has 1 heterocycles. The van der Waals surface area contributed by atoms with E-state index >= 15 is 0 Å². The van der Waals surface area contributed by atoms with Crippen molar-refractivity contribution in [3.05, 3.63) is 12.2 Å². The molecule has 0 aromatic rings. The molecule has 130 valence electrons. The number of esters is 1. The van der Waals surface area contributed by atoms with Crippen molar-refractivity contribution in [2.24, 2.45) is 17.3 Å². The van der Waals surface area contributed by atoms with Gasteiger partial charge in [0.15, 0.2) is 0 Å². The number of carbonyl (C=O) groups excluding carboxylic acids is 1. The predicted octanol–water partition coefficient (Wildman–Crippen LogP) is 3.83. The maximum Gasteiger partial charge on any atom is 0.462 e. The van der Waals surface area contributed by atoms with E-state index in [-0.39, 0.29) is 12.3 Å². The molecule has 3 nitrogen and oxygen atoms in total. The number of fused-ring (bicyclic) bond motifs is 3. The topological polar surface area (TPSA) is 35.5 Å². The number of alkyl halides is 5. The van der Waals surface area contributed by atoms with E-state index in [1.807, 2.05) is 6.08 Å². The summed E-state index contributed by atoms with van der Waals surface area (Å²) in [5.74, 6) is -10.8. The summed E-state index contributed by atoms with van der Waals surface area (Å²) in [6.07, 6.45) is -1.60. The van der Waals surface area contributed by atoms with E-state index in [0.29, 0.717) is 13.3 Å². The van der Waals surface area contributed by atoms with Crippen LogP contribution in [0, 0.1) is 17.3 Å². The molecule has 4 atom stereocenters. The van der Waals surface area contributed by atoms with E-state index in [4.69, 9.17) is 4.74 Å². The fourth-order valence-corrected chi connectivity index (χ4v) is 4.35. The van der Waals surface area contributed by atoms with Gasteiger partial charge in [-0.1, -0.05) is 26.0 Å². The fourth-order valence-electron chi connectivity index (χ4n) is 4.35. The Morgan fingerprint density at radius 3 is 2.26 bits per heavy atom. The highest BCUT2D eigenvalue weighted by molar-refractivity contribution is 5.67. The molecule has 2 aliphatic carbocycles. The smallest absolute Gasteiger partial charge is 0.418 e. The van der Waals surface area contributed by atoms with Gasteiger partial charge in [0.05, 0.1) is 11.0 Å². The minimum absolute atomic E-state index is 0.0514. The average Bonchev–Trinajstić information content (AvgIpc) is 2.98. The van der Waals surface area contributed by atoms with Crippen LogP contribution in [0.3, 0.4) is 0 Å². The molecule has 1 aliphatic heterocycles. The Hall–Kier alpha value is -1.18. The van der Waals surface area contributed by atoms with Crippen molar-refractivity contribution in [2.45, 2.75) is 57.1 Å². The third kappa shape index (κ3) is 1.70. The van der Waals surface area contributed by atoms with E-state index in [2.05, 4.69) is 4.74 Å². The van der Waals surface area contributed by atoms with Gasteiger partial charge in [-0.15, -0.1) is 0 Å². The summed E-state index contributed by atoms with van der Waals surface area (Å²) < 4.78 is 79.9. The first-order valence-corrected chi connectivity index (χ1v) is 7.33. The number of hydrogen-bond acceptors (Lipinski definition) is 3. The zero-order valence-corrected chi connectivity index (χ0v) is 12.8. The maximum absolute atomic E-state index is 15.0. The van der Waals surface area contributed by atoms with E-state index < -0.39 is 40.8 Å². The highest BCUT2D eigenvalue weighted by Crippen LogP contribution is 2.71. The minimum atomic E-state index is -5.56. The Bertz CT molecular complexity index is 582. The second-order valence-electron chi connectivity index (χ2n) is 7.09. The molecule has 2 fully saturated rings. The lowest BCUT2D eigenvalue weighted by Crippen LogP contribution is -2.62. The number of carbonyl (C=O) groups is 1. The lowest BCUT2D eigenvalue weighted by Gasteiger charge is -2.42. The Morgan fingerprint density at radius 1 is 1.26 bits per heavy atom. The second kappa shape index (κ2) is 4.26. The summed E-state index contributed by atoms with van der Waals surface area (Å²) in [6, 6.07) is 0. The van der Waals surface area contributed by atoms with Crippen molar-refractivity contribution in [3.8, 4) is 0 Å². The molecule has 2 bridgehead atoms. The molecule has 0 aromatic heterocycles. The van der Waals surface area contributed by atoms with E-state index in [1.165, 1.54) is 0 Å². The number of hydrogen-bond donors (Lipinski definition) is 0. The molecule has 0 amide bonds. The summed E-state index contributed by atoms with van der Waals surface area (Å²) >= 11 is 0. The monoisotopic (exact) mass is 340 g/mol. The van der Waals surface area contributed by atoms with Crippen LogP contribution in [0.5, 0.6) is 0 Å². The van der Waals surface area contributed by atoms with E-state index in [9.17, 15) is 26.7 Å². The van der Waals surface area contributed by atoms with Crippen LogP contribution in [0.4, 0.5) is 22.0 Å². The lowest BCUT2D eigenvalue weighted by molar-refractivity contribution is -0.416. The van der Waals surface area contributed by atoms with Gasteiger partial charge in [-0.05, 0) is 18.8 Å². The van der Waals surface area contributed by atoms with Crippen LogP contribution in [-0.4, -0.2) is 29.5 Å². The van der Waals surface area contributed by atoms with Gasteiger partial charge >= 0.3 is 23.9 Å². The third-order valence-corrected chi connectivity index (χ3v) is 5.58. The van der Waals surface area contributed by atoms with Gasteiger partial charge in [0.1, 0.15) is 0 Å². The Kier molecular flexibility index (Phi) is 3.09. The van der Waals surface area contributed by atoms with Crippen molar-refractivity contribution in [2.75, 3.05) is 0 Å². The Labute approximate surface area is 129 Å². The third-order valence-electron chi connectivity index (χ3n) is 5.58. The first kappa shape index (κ1) is 16.7. The molecule has 23 heavy (non-hydrogen) atoms. The molecule has 0 N–H and O–H groups in total. The van der Waals surface area contributed by atoms with Gasteiger partial charge in [-0.25, -0.2) is 0 Å². The summed E-state index contributed by atoms with van der Waals surface area (Å²) in [6.45, 7) is 2.77. The lowest BCUT2D eigenvalue weighted by atomic mass is 9.65. The highest BCUT2D eigenvalue weighted by Gasteiger charge is 2.90. The molecular formula is C15H17F5O3. The van der Waals surface area contributed by atoms with Crippen molar-refractivity contribution in [3.63, 3.8) is 0 Å². The van der Waals surface area contributed by atoms with Crippen LogP contribution in [0.15, 0.2) is 12.2 Å². The van der Waals surface area contributed by atoms with Gasteiger partial charge in [0.2, 0.25) is 0 Å². The zero-order chi connectivity index (χ0) is 17.5. The fraction of sp³-hybridized carbons (Fsp3) is 0.800. The molecule has 3 rings (SSSR count). The van der Waals surface area contributed by atoms with Gasteiger partial charge in [0.25, 0.3) is 0 Å². The molecule has 8 heteroatoms. The normalized spacial score (nSPS) is 43.3. The molecular weight excluding hydrogens is 323 g/mol. The van der Waals surface area contributed by atoms with Crippen molar-refractivity contribution >= 4 is 5.97 Å². The Balaban J connectivity index is 2.20. The molecule has 1 saturated heterocycles. The summed E-state index contributed by atoms with van der Waals surface area (Å²) in [7, 11) is 0. The van der Waals surface area contributed by atoms with Gasteiger partial charge in [-0.2, -0.15) is 22.0 Å². The van der Waals surface area contributed by atoms with E-state index in [1.54, 1.807) is 6.08 Å².